The lowest BCUT2D eigenvalue weighted by atomic mass is 10.0. The second kappa shape index (κ2) is 6.09. The Morgan fingerprint density at radius 2 is 2.11 bits per heavy atom. The average Bonchev–Trinajstić information content (AvgIpc) is 2.27. The summed E-state index contributed by atoms with van der Waals surface area (Å²) in [5.41, 5.74) is -0.134. The molecule has 1 aromatic rings. The number of pyridine rings is 1. The van der Waals surface area contributed by atoms with Crippen LogP contribution in [0, 0.1) is 11.9 Å². The van der Waals surface area contributed by atoms with E-state index in [1.54, 1.807) is 0 Å². The summed E-state index contributed by atoms with van der Waals surface area (Å²) < 4.78 is 12.8. The van der Waals surface area contributed by atoms with Crippen LogP contribution in [-0.2, 0) is 4.79 Å². The Morgan fingerprint density at radius 3 is 2.61 bits per heavy atom. The molecule has 0 saturated carbocycles. The van der Waals surface area contributed by atoms with Crippen LogP contribution in [-0.4, -0.2) is 28.0 Å². The number of halogens is 1. The standard InChI is InChI=1S/C12H15FN2O3/c1-7(2)6-9(12(17)18)15-11(16)8-4-3-5-10(13)14-8/h3-5,7,9H,6H2,1-2H3,(H,15,16)(H,17,18)/t9-/m0/s1. The molecular formula is C12H15FN2O3. The molecule has 0 aromatic carbocycles. The zero-order valence-electron chi connectivity index (χ0n) is 10.2. The number of nitrogens with zero attached hydrogens (tertiary/aromatic N) is 1. The monoisotopic (exact) mass is 254 g/mol. The number of carboxylic acid groups (broad SMARTS) is 1. The molecule has 0 spiro atoms. The molecule has 1 heterocycles. The number of aliphatic carboxylic acids is 1. The highest BCUT2D eigenvalue weighted by atomic mass is 19.1. The number of nitrogens with one attached hydrogen (secondary N) is 1. The molecule has 1 rings (SSSR count). The molecule has 0 radical (unpaired) electrons. The van der Waals surface area contributed by atoms with E-state index in [1.165, 1.54) is 12.1 Å². The second-order valence-electron chi connectivity index (χ2n) is 4.34. The quantitative estimate of drug-likeness (QED) is 0.779. The topological polar surface area (TPSA) is 79.3 Å². The van der Waals surface area contributed by atoms with Gasteiger partial charge in [-0.25, -0.2) is 9.78 Å². The number of amides is 1. The summed E-state index contributed by atoms with van der Waals surface area (Å²) in [4.78, 5) is 26.0. The highest BCUT2D eigenvalue weighted by Crippen LogP contribution is 2.06. The maximum absolute atomic E-state index is 12.8. The molecular weight excluding hydrogens is 239 g/mol. The summed E-state index contributed by atoms with van der Waals surface area (Å²) in [5, 5.41) is 11.3. The molecule has 5 nitrogen and oxygen atoms in total. The minimum absolute atomic E-state index is 0.117. The third-order valence-electron chi connectivity index (χ3n) is 2.26. The summed E-state index contributed by atoms with van der Waals surface area (Å²) >= 11 is 0. The predicted octanol–water partition coefficient (Wildman–Crippen LogP) is 1.45. The molecule has 1 atom stereocenters. The molecule has 1 amide bonds. The van der Waals surface area contributed by atoms with Gasteiger partial charge < -0.3 is 10.4 Å². The van der Waals surface area contributed by atoms with Gasteiger partial charge in [-0.05, 0) is 24.5 Å². The first kappa shape index (κ1) is 14.1. The van der Waals surface area contributed by atoms with Crippen LogP contribution in [0.3, 0.4) is 0 Å². The lowest BCUT2D eigenvalue weighted by molar-refractivity contribution is -0.139. The lowest BCUT2D eigenvalue weighted by Gasteiger charge is -2.16. The van der Waals surface area contributed by atoms with Gasteiger partial charge in [-0.2, -0.15) is 4.39 Å². The Morgan fingerprint density at radius 1 is 1.44 bits per heavy atom. The third-order valence-corrected chi connectivity index (χ3v) is 2.26. The highest BCUT2D eigenvalue weighted by molar-refractivity contribution is 5.94. The van der Waals surface area contributed by atoms with Crippen molar-refractivity contribution < 1.29 is 19.1 Å². The minimum atomic E-state index is -1.12. The van der Waals surface area contributed by atoms with Crippen LogP contribution in [0.2, 0.25) is 0 Å². The fraction of sp³-hybridized carbons (Fsp3) is 0.417. The van der Waals surface area contributed by atoms with Gasteiger partial charge in [0.15, 0.2) is 0 Å². The van der Waals surface area contributed by atoms with Gasteiger partial charge >= 0.3 is 5.97 Å². The van der Waals surface area contributed by atoms with Crippen molar-refractivity contribution in [1.82, 2.24) is 10.3 Å². The Hall–Kier alpha value is -1.98. The van der Waals surface area contributed by atoms with Crippen molar-refractivity contribution in [3.8, 4) is 0 Å². The van der Waals surface area contributed by atoms with Crippen molar-refractivity contribution in [1.29, 1.82) is 0 Å². The first-order valence-corrected chi connectivity index (χ1v) is 5.56. The molecule has 0 aliphatic rings. The van der Waals surface area contributed by atoms with Crippen molar-refractivity contribution in [2.45, 2.75) is 26.3 Å². The normalized spacial score (nSPS) is 12.2. The summed E-state index contributed by atoms with van der Waals surface area (Å²) in [6, 6.07) is 2.78. The van der Waals surface area contributed by atoms with E-state index >= 15 is 0 Å². The molecule has 6 heteroatoms. The number of aromatic nitrogens is 1. The number of hydrogen-bond donors (Lipinski definition) is 2. The predicted molar refractivity (Wildman–Crippen MR) is 62.5 cm³/mol. The molecule has 0 fully saturated rings. The third kappa shape index (κ3) is 4.12. The summed E-state index contributed by atoms with van der Waals surface area (Å²) in [6.45, 7) is 3.70. The van der Waals surface area contributed by atoms with E-state index in [2.05, 4.69) is 10.3 Å². The molecule has 1 aromatic heterocycles. The Labute approximate surface area is 104 Å². The zero-order chi connectivity index (χ0) is 13.7. The number of rotatable bonds is 5. The van der Waals surface area contributed by atoms with Crippen molar-refractivity contribution in [2.24, 2.45) is 5.92 Å². The number of carboxylic acids is 1. The van der Waals surface area contributed by atoms with E-state index in [4.69, 9.17) is 5.11 Å². The van der Waals surface area contributed by atoms with E-state index in [9.17, 15) is 14.0 Å². The van der Waals surface area contributed by atoms with Gasteiger partial charge in [0.25, 0.3) is 5.91 Å². The van der Waals surface area contributed by atoms with Gasteiger partial charge in [0.05, 0.1) is 0 Å². The molecule has 0 aliphatic carbocycles. The summed E-state index contributed by atoms with van der Waals surface area (Å²) in [5.74, 6) is -2.47. The Kier molecular flexibility index (Phi) is 4.76. The van der Waals surface area contributed by atoms with Crippen molar-refractivity contribution >= 4 is 11.9 Å². The van der Waals surface area contributed by atoms with Crippen LogP contribution < -0.4 is 5.32 Å². The molecule has 0 unspecified atom stereocenters. The molecule has 2 N–H and O–H groups in total. The summed E-state index contributed by atoms with van der Waals surface area (Å²) in [6.07, 6.45) is 0.302. The van der Waals surface area contributed by atoms with Crippen LogP contribution in [0.25, 0.3) is 0 Å². The van der Waals surface area contributed by atoms with Crippen LogP contribution in [0.4, 0.5) is 4.39 Å². The van der Waals surface area contributed by atoms with Crippen LogP contribution >= 0.6 is 0 Å². The fourth-order valence-electron chi connectivity index (χ4n) is 1.46. The van der Waals surface area contributed by atoms with Crippen LogP contribution in [0.15, 0.2) is 18.2 Å². The first-order valence-electron chi connectivity index (χ1n) is 5.56. The van der Waals surface area contributed by atoms with Gasteiger partial charge in [-0.15, -0.1) is 0 Å². The average molecular weight is 254 g/mol. The smallest absolute Gasteiger partial charge is 0.326 e. The molecule has 18 heavy (non-hydrogen) atoms. The molecule has 0 saturated heterocycles. The second-order valence-corrected chi connectivity index (χ2v) is 4.34. The van der Waals surface area contributed by atoms with Crippen LogP contribution in [0.1, 0.15) is 30.8 Å². The van der Waals surface area contributed by atoms with E-state index < -0.39 is 23.9 Å². The Balaban J connectivity index is 2.75. The summed E-state index contributed by atoms with van der Waals surface area (Å²) in [7, 11) is 0. The minimum Gasteiger partial charge on any atom is -0.480 e. The van der Waals surface area contributed by atoms with Crippen molar-refractivity contribution in [3.05, 3.63) is 29.8 Å². The van der Waals surface area contributed by atoms with E-state index in [1.807, 2.05) is 13.8 Å². The first-order chi connectivity index (χ1) is 8.40. The fourth-order valence-corrected chi connectivity index (χ4v) is 1.46. The SMILES string of the molecule is CC(C)C[C@H](NC(=O)c1cccc(F)n1)C(=O)O. The largest absolute Gasteiger partial charge is 0.480 e. The van der Waals surface area contributed by atoms with Crippen molar-refractivity contribution in [2.75, 3.05) is 0 Å². The number of carbonyl (C=O) groups excluding carboxylic acids is 1. The molecule has 98 valence electrons. The van der Waals surface area contributed by atoms with Gasteiger partial charge in [-0.3, -0.25) is 4.79 Å². The lowest BCUT2D eigenvalue weighted by Crippen LogP contribution is -2.42. The Bertz CT molecular complexity index is 449. The highest BCUT2D eigenvalue weighted by Gasteiger charge is 2.22. The maximum Gasteiger partial charge on any atom is 0.326 e. The zero-order valence-corrected chi connectivity index (χ0v) is 10.2. The van der Waals surface area contributed by atoms with Crippen molar-refractivity contribution in [3.63, 3.8) is 0 Å². The van der Waals surface area contributed by atoms with Gasteiger partial charge in [-0.1, -0.05) is 19.9 Å². The van der Waals surface area contributed by atoms with E-state index in [0.717, 1.165) is 6.07 Å². The van der Waals surface area contributed by atoms with E-state index in [0.29, 0.717) is 6.42 Å². The van der Waals surface area contributed by atoms with Gasteiger partial charge in [0.2, 0.25) is 5.95 Å². The van der Waals surface area contributed by atoms with Gasteiger partial charge in [0.1, 0.15) is 11.7 Å². The maximum atomic E-state index is 12.8. The van der Waals surface area contributed by atoms with E-state index in [-0.39, 0.29) is 11.6 Å². The molecule has 0 bridgehead atoms. The number of hydrogen-bond acceptors (Lipinski definition) is 3. The van der Waals surface area contributed by atoms with Crippen LogP contribution in [0.5, 0.6) is 0 Å². The van der Waals surface area contributed by atoms with Gasteiger partial charge in [0, 0.05) is 0 Å². The molecule has 0 aliphatic heterocycles. The number of carbonyl (C=O) groups is 2.